The van der Waals surface area contributed by atoms with Gasteiger partial charge in [0.1, 0.15) is 0 Å². The van der Waals surface area contributed by atoms with E-state index in [1.54, 1.807) is 0 Å². The summed E-state index contributed by atoms with van der Waals surface area (Å²) in [6, 6.07) is 0.478. The van der Waals surface area contributed by atoms with Gasteiger partial charge in [0.2, 0.25) is 5.91 Å². The molecule has 0 N–H and O–H groups in total. The molecular weight excluding hydrogens is 366 g/mol. The number of carbonyl (C=O) groups excluding carboxylic acids is 1. The van der Waals surface area contributed by atoms with Crippen molar-refractivity contribution in [1.29, 1.82) is 0 Å². The maximum atomic E-state index is 12.5. The number of rotatable bonds is 5. The van der Waals surface area contributed by atoms with Gasteiger partial charge in [0, 0.05) is 19.5 Å². The van der Waals surface area contributed by atoms with E-state index in [-0.39, 0.29) is 0 Å². The van der Waals surface area contributed by atoms with Gasteiger partial charge in [-0.3, -0.25) is 4.79 Å². The smallest absolute Gasteiger partial charge is 0.222 e. The van der Waals surface area contributed by atoms with E-state index in [1.165, 1.54) is 51.4 Å². The van der Waals surface area contributed by atoms with E-state index in [0.29, 0.717) is 22.8 Å². The third kappa shape index (κ3) is 3.47. The normalized spacial score (nSPS) is 47.1. The zero-order valence-corrected chi connectivity index (χ0v) is 21.0. The van der Waals surface area contributed by atoms with Crippen molar-refractivity contribution in [2.45, 2.75) is 112 Å². The van der Waals surface area contributed by atoms with Crippen LogP contribution in [0.15, 0.2) is 0 Å². The topological polar surface area (TPSA) is 20.3 Å². The summed E-state index contributed by atoms with van der Waals surface area (Å²) >= 11 is 0. The molecule has 0 radical (unpaired) electrons. The predicted octanol–water partition coefficient (Wildman–Crippen LogP) is 7.17. The molecule has 3 saturated carbocycles. The average Bonchev–Trinajstić information content (AvgIpc) is 3.03. The van der Waals surface area contributed by atoms with Crippen LogP contribution in [-0.2, 0) is 4.79 Å². The van der Waals surface area contributed by atoms with Crippen LogP contribution in [0.5, 0.6) is 0 Å². The largest absolute Gasteiger partial charge is 0.342 e. The Bertz CT molecular complexity index is 643. The fraction of sp³-hybridized carbons (Fsp3) is 0.964. The summed E-state index contributed by atoms with van der Waals surface area (Å²) in [6.45, 7) is 15.1. The van der Waals surface area contributed by atoms with Crippen molar-refractivity contribution in [1.82, 2.24) is 4.90 Å². The molecule has 0 aromatic rings. The van der Waals surface area contributed by atoms with Crippen molar-refractivity contribution in [2.24, 2.45) is 52.3 Å². The third-order valence-corrected chi connectivity index (χ3v) is 11.1. The molecule has 3 aliphatic carbocycles. The molecule has 1 heterocycles. The number of nitrogens with zero attached hydrogens (tertiary/aromatic N) is 1. The van der Waals surface area contributed by atoms with Gasteiger partial charge in [0.05, 0.1) is 0 Å². The molecule has 6 unspecified atom stereocenters. The number of hydrogen-bond donors (Lipinski definition) is 0. The van der Waals surface area contributed by atoms with Gasteiger partial charge < -0.3 is 4.90 Å². The van der Waals surface area contributed by atoms with E-state index < -0.39 is 0 Å². The van der Waals surface area contributed by atoms with Crippen molar-refractivity contribution in [3.8, 4) is 0 Å². The Balaban J connectivity index is 1.53. The zero-order valence-electron chi connectivity index (χ0n) is 21.0. The molecule has 1 amide bonds. The van der Waals surface area contributed by atoms with Crippen LogP contribution in [-0.4, -0.2) is 23.9 Å². The van der Waals surface area contributed by atoms with Crippen LogP contribution in [0.3, 0.4) is 0 Å². The van der Waals surface area contributed by atoms with E-state index in [9.17, 15) is 4.79 Å². The Morgan fingerprint density at radius 2 is 1.70 bits per heavy atom. The van der Waals surface area contributed by atoms with Gasteiger partial charge in [-0.05, 0) is 90.8 Å². The monoisotopic (exact) mass is 415 g/mol. The first-order chi connectivity index (χ1) is 14.1. The number of hydrogen-bond acceptors (Lipinski definition) is 1. The first kappa shape index (κ1) is 22.7. The van der Waals surface area contributed by atoms with Crippen molar-refractivity contribution < 1.29 is 4.79 Å². The van der Waals surface area contributed by atoms with Crippen LogP contribution in [0.1, 0.15) is 106 Å². The molecule has 30 heavy (non-hydrogen) atoms. The number of fused-ring (bicyclic) bond motifs is 5. The summed E-state index contributed by atoms with van der Waals surface area (Å²) in [6.07, 6.45) is 13.2. The first-order valence-electron chi connectivity index (χ1n) is 13.3. The number of likely N-dealkylation sites (tertiary alicyclic amines) is 1. The molecule has 4 fully saturated rings. The second-order valence-electron chi connectivity index (χ2n) is 13.1. The molecule has 4 rings (SSSR count). The minimum atomic E-state index is 0.349. The minimum Gasteiger partial charge on any atom is -0.342 e. The van der Waals surface area contributed by atoms with E-state index >= 15 is 0 Å². The summed E-state index contributed by atoms with van der Waals surface area (Å²) < 4.78 is 0. The maximum absolute atomic E-state index is 12.5. The quantitative estimate of drug-likeness (QED) is 0.466. The molecule has 2 heteroatoms. The van der Waals surface area contributed by atoms with Gasteiger partial charge in [0.25, 0.3) is 0 Å². The second-order valence-corrected chi connectivity index (χ2v) is 13.1. The van der Waals surface area contributed by atoms with Crippen molar-refractivity contribution in [2.75, 3.05) is 7.05 Å². The summed E-state index contributed by atoms with van der Waals surface area (Å²) in [5.41, 5.74) is 0.911. The van der Waals surface area contributed by atoms with Gasteiger partial charge in [-0.15, -0.1) is 0 Å². The highest BCUT2D eigenvalue weighted by Crippen LogP contribution is 2.68. The fourth-order valence-electron chi connectivity index (χ4n) is 9.49. The van der Waals surface area contributed by atoms with Gasteiger partial charge in [-0.1, -0.05) is 60.8 Å². The van der Waals surface area contributed by atoms with E-state index in [0.717, 1.165) is 54.3 Å². The maximum Gasteiger partial charge on any atom is 0.222 e. The highest BCUT2D eigenvalue weighted by Gasteiger charge is 2.63. The number of piperidine rings is 1. The van der Waals surface area contributed by atoms with Gasteiger partial charge in [0.15, 0.2) is 0 Å². The Hall–Kier alpha value is -0.530. The van der Waals surface area contributed by atoms with Crippen LogP contribution >= 0.6 is 0 Å². The van der Waals surface area contributed by atoms with E-state index in [2.05, 4.69) is 53.5 Å². The predicted molar refractivity (Wildman–Crippen MR) is 126 cm³/mol. The zero-order chi connectivity index (χ0) is 21.8. The lowest BCUT2D eigenvalue weighted by Crippen LogP contribution is -2.63. The Morgan fingerprint density at radius 3 is 2.40 bits per heavy atom. The fourth-order valence-corrected chi connectivity index (χ4v) is 9.49. The molecule has 9 atom stereocenters. The van der Waals surface area contributed by atoms with E-state index in [1.807, 2.05) is 0 Å². The van der Waals surface area contributed by atoms with Crippen molar-refractivity contribution in [3.63, 3.8) is 0 Å². The Kier molecular flexibility index (Phi) is 6.12. The van der Waals surface area contributed by atoms with Gasteiger partial charge >= 0.3 is 0 Å². The van der Waals surface area contributed by atoms with Gasteiger partial charge in [-0.2, -0.15) is 0 Å². The highest BCUT2D eigenvalue weighted by molar-refractivity contribution is 5.77. The lowest BCUT2D eigenvalue weighted by molar-refractivity contribution is -0.167. The molecule has 172 valence electrons. The van der Waals surface area contributed by atoms with Crippen molar-refractivity contribution in [3.05, 3.63) is 0 Å². The molecule has 0 aromatic heterocycles. The summed E-state index contributed by atoms with van der Waals surface area (Å²) in [5.74, 6) is 6.46. The van der Waals surface area contributed by atoms with E-state index in [4.69, 9.17) is 0 Å². The number of amides is 1. The molecule has 4 aliphatic rings. The standard InChI is InChI=1S/C28H49NO/c1-18(2)9-8-10-19(3)21-11-12-22-26-20(4)17-24-28(6,16-14-25(30)29(24)7)23(26)13-15-27(21,22)5/h18-24,26H,8-17H2,1-7H3/t19?,20-,21?,22?,23?,24?,26?,27+,28+/m0/s1. The van der Waals surface area contributed by atoms with Crippen LogP contribution in [0.4, 0.5) is 0 Å². The van der Waals surface area contributed by atoms with Crippen LogP contribution in [0.25, 0.3) is 0 Å². The third-order valence-electron chi connectivity index (χ3n) is 11.1. The Morgan fingerprint density at radius 1 is 1.00 bits per heavy atom. The lowest BCUT2D eigenvalue weighted by Gasteiger charge is -2.64. The summed E-state index contributed by atoms with van der Waals surface area (Å²) in [4.78, 5) is 14.6. The first-order valence-corrected chi connectivity index (χ1v) is 13.3. The highest BCUT2D eigenvalue weighted by atomic mass is 16.2. The SMILES string of the molecule is CC(C)CCCC(C)C1CCC2C3C(CC[C@]12C)[C@@]1(C)CCC(=O)N(C)C1C[C@@H]3C. The summed E-state index contributed by atoms with van der Waals surface area (Å²) in [5, 5.41) is 0. The molecule has 0 aromatic carbocycles. The molecular formula is C28H49NO. The number of carbonyl (C=O) groups is 1. The average molecular weight is 416 g/mol. The molecule has 1 saturated heterocycles. The van der Waals surface area contributed by atoms with Crippen LogP contribution in [0, 0.1) is 52.3 Å². The molecule has 1 aliphatic heterocycles. The lowest BCUT2D eigenvalue weighted by atomic mass is 9.44. The summed E-state index contributed by atoms with van der Waals surface area (Å²) in [7, 11) is 2.09. The van der Waals surface area contributed by atoms with Gasteiger partial charge in [-0.25, -0.2) is 0 Å². The minimum absolute atomic E-state index is 0.349. The van der Waals surface area contributed by atoms with Crippen molar-refractivity contribution >= 4 is 5.91 Å². The van der Waals surface area contributed by atoms with Crippen LogP contribution < -0.4 is 0 Å². The Labute approximate surface area is 186 Å². The molecule has 0 bridgehead atoms. The molecule has 0 spiro atoms. The molecule has 2 nitrogen and oxygen atoms in total. The van der Waals surface area contributed by atoms with Crippen LogP contribution in [0.2, 0.25) is 0 Å². The second kappa shape index (κ2) is 8.11.